The van der Waals surface area contributed by atoms with Crippen LogP contribution in [0.5, 0.6) is 0 Å². The van der Waals surface area contributed by atoms with Crippen LogP contribution in [0.15, 0.2) is 23.8 Å². The molecule has 0 amide bonds. The molecule has 0 aromatic carbocycles. The SMILES string of the molecule is C/C1=C\CC[C@]2(C)[C@@H]([C@H](C)/C=C/[C@H](C)C(C)C)CC[C@H]2C(=O)[C@@H]2CC(=O)C[C@@H](CC1)O2. The predicted octanol–water partition coefficient (Wildman–Crippen LogP) is 6.71. The number of carbonyl (C=O) groups excluding carboxylic acids is 2. The number of Topliss-reactive ketones (excluding diaryl/α,β-unsaturated/α-hetero) is 2. The first-order chi connectivity index (χ1) is 14.6. The van der Waals surface area contributed by atoms with Gasteiger partial charge in [-0.05, 0) is 74.5 Å². The van der Waals surface area contributed by atoms with E-state index in [2.05, 4.69) is 59.8 Å². The zero-order chi connectivity index (χ0) is 22.8. The molecule has 3 rings (SSSR count). The van der Waals surface area contributed by atoms with E-state index in [0.29, 0.717) is 30.1 Å². The zero-order valence-corrected chi connectivity index (χ0v) is 20.7. The number of fused-ring (bicyclic) bond motifs is 3. The van der Waals surface area contributed by atoms with Crippen molar-refractivity contribution in [1.29, 1.82) is 0 Å². The number of hydrogen-bond acceptors (Lipinski definition) is 3. The molecule has 0 N–H and O–H groups in total. The predicted molar refractivity (Wildman–Crippen MR) is 127 cm³/mol. The van der Waals surface area contributed by atoms with E-state index in [1.807, 2.05) is 0 Å². The lowest BCUT2D eigenvalue weighted by atomic mass is 9.64. The van der Waals surface area contributed by atoms with Gasteiger partial charge in [-0.3, -0.25) is 9.59 Å². The van der Waals surface area contributed by atoms with E-state index in [-0.39, 0.29) is 35.4 Å². The normalized spacial score (nSPS) is 38.9. The summed E-state index contributed by atoms with van der Waals surface area (Å²) in [4.78, 5) is 26.1. The Hall–Kier alpha value is -1.22. The second kappa shape index (κ2) is 10.1. The summed E-state index contributed by atoms with van der Waals surface area (Å²) in [6, 6.07) is 0. The third-order valence-electron chi connectivity index (χ3n) is 8.74. The summed E-state index contributed by atoms with van der Waals surface area (Å²) in [6.07, 6.45) is 13.2. The average Bonchev–Trinajstić information content (AvgIpc) is 3.05. The summed E-state index contributed by atoms with van der Waals surface area (Å²) in [5, 5.41) is 0. The van der Waals surface area contributed by atoms with Gasteiger partial charge in [0.05, 0.1) is 6.10 Å². The van der Waals surface area contributed by atoms with Crippen molar-refractivity contribution in [3.63, 3.8) is 0 Å². The molecule has 0 aromatic heterocycles. The molecule has 2 heterocycles. The first-order valence-electron chi connectivity index (χ1n) is 12.7. The van der Waals surface area contributed by atoms with Gasteiger partial charge in [0, 0.05) is 18.8 Å². The van der Waals surface area contributed by atoms with E-state index in [4.69, 9.17) is 4.74 Å². The molecule has 3 nitrogen and oxygen atoms in total. The maximum Gasteiger partial charge on any atom is 0.165 e. The Labute approximate surface area is 190 Å². The van der Waals surface area contributed by atoms with E-state index in [0.717, 1.165) is 38.5 Å². The molecule has 0 radical (unpaired) electrons. The molecule has 7 atom stereocenters. The van der Waals surface area contributed by atoms with Crippen molar-refractivity contribution in [2.75, 3.05) is 0 Å². The molecule has 0 unspecified atom stereocenters. The Morgan fingerprint density at radius 2 is 1.81 bits per heavy atom. The minimum Gasteiger partial charge on any atom is -0.366 e. The number of allylic oxidation sites excluding steroid dienone is 4. The van der Waals surface area contributed by atoms with Crippen molar-refractivity contribution in [2.45, 2.75) is 105 Å². The summed E-state index contributed by atoms with van der Waals surface area (Å²) < 4.78 is 6.23. The fraction of sp³-hybridized carbons (Fsp3) is 0.786. The Morgan fingerprint density at radius 1 is 1.06 bits per heavy atom. The molecular weight excluding hydrogens is 384 g/mol. The van der Waals surface area contributed by atoms with Gasteiger partial charge in [-0.15, -0.1) is 0 Å². The summed E-state index contributed by atoms with van der Waals surface area (Å²) in [5.74, 6) is 2.54. The smallest absolute Gasteiger partial charge is 0.165 e. The van der Waals surface area contributed by atoms with Gasteiger partial charge in [0.25, 0.3) is 0 Å². The molecule has 174 valence electrons. The molecule has 0 aromatic rings. The second-order valence-corrected chi connectivity index (χ2v) is 11.3. The van der Waals surface area contributed by atoms with Crippen LogP contribution in [0.2, 0.25) is 0 Å². The van der Waals surface area contributed by atoms with Gasteiger partial charge >= 0.3 is 0 Å². The van der Waals surface area contributed by atoms with Crippen LogP contribution in [0.3, 0.4) is 0 Å². The molecule has 3 heteroatoms. The molecule has 2 aliphatic heterocycles. The van der Waals surface area contributed by atoms with Crippen molar-refractivity contribution < 1.29 is 14.3 Å². The first-order valence-corrected chi connectivity index (χ1v) is 12.7. The summed E-state index contributed by atoms with van der Waals surface area (Å²) >= 11 is 0. The van der Waals surface area contributed by atoms with Crippen molar-refractivity contribution in [3.05, 3.63) is 23.8 Å². The van der Waals surface area contributed by atoms with Crippen molar-refractivity contribution >= 4 is 11.6 Å². The largest absolute Gasteiger partial charge is 0.366 e. The van der Waals surface area contributed by atoms with Gasteiger partial charge in [0.2, 0.25) is 0 Å². The Bertz CT molecular complexity index is 718. The van der Waals surface area contributed by atoms with E-state index < -0.39 is 6.10 Å². The van der Waals surface area contributed by atoms with E-state index in [1.165, 1.54) is 5.57 Å². The van der Waals surface area contributed by atoms with E-state index in [9.17, 15) is 9.59 Å². The van der Waals surface area contributed by atoms with Crippen LogP contribution in [0, 0.1) is 35.0 Å². The fourth-order valence-electron chi connectivity index (χ4n) is 6.22. The Kier molecular flexibility index (Phi) is 8.00. The minimum atomic E-state index is -0.523. The van der Waals surface area contributed by atoms with Crippen LogP contribution in [-0.4, -0.2) is 23.8 Å². The highest BCUT2D eigenvalue weighted by Gasteiger charge is 2.52. The number of ketones is 2. The number of hydrogen-bond donors (Lipinski definition) is 0. The van der Waals surface area contributed by atoms with Crippen LogP contribution >= 0.6 is 0 Å². The number of rotatable bonds is 4. The van der Waals surface area contributed by atoms with Gasteiger partial charge in [0.15, 0.2) is 5.78 Å². The van der Waals surface area contributed by atoms with Crippen LogP contribution < -0.4 is 0 Å². The van der Waals surface area contributed by atoms with Crippen LogP contribution in [0.4, 0.5) is 0 Å². The minimum absolute atomic E-state index is 0.000514. The van der Waals surface area contributed by atoms with Crippen LogP contribution in [0.1, 0.15) is 92.9 Å². The van der Waals surface area contributed by atoms with E-state index in [1.54, 1.807) is 0 Å². The lowest BCUT2D eigenvalue weighted by Crippen LogP contribution is -2.45. The summed E-state index contributed by atoms with van der Waals surface area (Å²) in [7, 11) is 0. The third kappa shape index (κ3) is 5.59. The fourth-order valence-corrected chi connectivity index (χ4v) is 6.22. The van der Waals surface area contributed by atoms with Gasteiger partial charge in [-0.25, -0.2) is 0 Å². The summed E-state index contributed by atoms with van der Waals surface area (Å²) in [6.45, 7) is 13.7. The first kappa shape index (κ1) is 24.4. The average molecular weight is 429 g/mol. The number of ether oxygens (including phenoxy) is 1. The Balaban J connectivity index is 1.87. The van der Waals surface area contributed by atoms with E-state index >= 15 is 0 Å². The van der Waals surface area contributed by atoms with Crippen LogP contribution in [-0.2, 0) is 14.3 Å². The van der Waals surface area contributed by atoms with Crippen LogP contribution in [0.25, 0.3) is 0 Å². The maximum absolute atomic E-state index is 13.7. The monoisotopic (exact) mass is 428 g/mol. The molecule has 2 fully saturated rings. The van der Waals surface area contributed by atoms with Gasteiger partial charge in [0.1, 0.15) is 11.9 Å². The highest BCUT2D eigenvalue weighted by atomic mass is 16.5. The lowest BCUT2D eigenvalue weighted by Gasteiger charge is -2.41. The summed E-state index contributed by atoms with van der Waals surface area (Å²) in [5.41, 5.74) is 1.34. The second-order valence-electron chi connectivity index (χ2n) is 11.3. The molecule has 0 spiro atoms. The van der Waals surface area contributed by atoms with Crippen molar-refractivity contribution in [1.82, 2.24) is 0 Å². The molecule has 2 bridgehead atoms. The van der Waals surface area contributed by atoms with Gasteiger partial charge in [-0.2, -0.15) is 0 Å². The quantitative estimate of drug-likeness (QED) is 0.467. The topological polar surface area (TPSA) is 43.4 Å². The number of carbonyl (C=O) groups is 2. The van der Waals surface area contributed by atoms with Gasteiger partial charge in [-0.1, -0.05) is 58.4 Å². The molecule has 31 heavy (non-hydrogen) atoms. The highest BCUT2D eigenvalue weighted by molar-refractivity contribution is 5.92. The third-order valence-corrected chi connectivity index (χ3v) is 8.74. The molecular formula is C28H44O3. The maximum atomic E-state index is 13.7. The Morgan fingerprint density at radius 3 is 2.52 bits per heavy atom. The van der Waals surface area contributed by atoms with Crippen molar-refractivity contribution in [2.24, 2.45) is 35.0 Å². The molecule has 1 saturated heterocycles. The standard InChI is InChI=1S/C28H44O3/c1-18(2)20(4)10-11-21(5)24-13-14-25-27(30)26-17-22(29)16-23(31-26)12-9-19(3)8-7-15-28(24,25)6/h8,10-11,18,20-21,23-26H,7,9,12-17H2,1-6H3/b11-10+,19-8+/t20-,21+,23+,24+,25-,26-,28+/m0/s1. The highest BCUT2D eigenvalue weighted by Crippen LogP contribution is 2.55. The van der Waals surface area contributed by atoms with Crippen molar-refractivity contribution in [3.8, 4) is 0 Å². The lowest BCUT2D eigenvalue weighted by molar-refractivity contribution is -0.154. The van der Waals surface area contributed by atoms with Gasteiger partial charge < -0.3 is 4.74 Å². The zero-order valence-electron chi connectivity index (χ0n) is 20.7. The molecule has 1 aliphatic carbocycles. The molecule has 3 aliphatic rings. The molecule has 1 saturated carbocycles.